The van der Waals surface area contributed by atoms with E-state index in [0.717, 1.165) is 43.4 Å². The molecule has 350 valence electrons. The van der Waals surface area contributed by atoms with E-state index in [1.165, 1.54) is 18.6 Å². The predicted octanol–water partition coefficient (Wildman–Crippen LogP) is 6.46. The molecular formula is C50H66N6O9. The molecule has 1 heterocycles. The average molecular weight is 895 g/mol. The molecule has 1 aliphatic carbocycles. The molecule has 15 heteroatoms. The SMILES string of the molecule is CC[C@H](C)[C@H](NC(=O)C(Nc1ccc(OC)cc1)C1CCCCC1)C(=O)N[C@@H](Cc1cn(C(=O)OC(C)(C)C)c2ccccc12)C(=O)N[C@@H](Cc1ccccc1)C(=O)N[C@@H](C)C(=O)OC. The van der Waals surface area contributed by atoms with Gasteiger partial charge in [-0.1, -0.05) is 88.1 Å². The van der Waals surface area contributed by atoms with Gasteiger partial charge in [-0.2, -0.15) is 0 Å². The number of hydrogen-bond acceptors (Lipinski definition) is 10. The molecule has 0 aliphatic heterocycles. The molecule has 3 aromatic carbocycles. The monoisotopic (exact) mass is 894 g/mol. The van der Waals surface area contributed by atoms with Crippen molar-refractivity contribution in [3.63, 3.8) is 0 Å². The molecule has 1 fully saturated rings. The van der Waals surface area contributed by atoms with E-state index in [1.54, 1.807) is 64.4 Å². The summed E-state index contributed by atoms with van der Waals surface area (Å²) < 4.78 is 17.3. The van der Waals surface area contributed by atoms with Crippen LogP contribution >= 0.6 is 0 Å². The minimum atomic E-state index is -1.32. The van der Waals surface area contributed by atoms with Crippen LogP contribution < -0.4 is 31.3 Å². The Balaban J connectivity index is 1.50. The lowest BCUT2D eigenvalue weighted by Crippen LogP contribution is -2.60. The van der Waals surface area contributed by atoms with Gasteiger partial charge in [0.25, 0.3) is 0 Å². The normalized spacial score (nSPS) is 15.8. The molecule has 5 N–H and O–H groups in total. The van der Waals surface area contributed by atoms with E-state index >= 15 is 0 Å². The maximum atomic E-state index is 14.8. The zero-order chi connectivity index (χ0) is 47.3. The van der Waals surface area contributed by atoms with Crippen molar-refractivity contribution in [3.8, 4) is 5.75 Å². The number of carbonyl (C=O) groups is 6. The number of ether oxygens (including phenoxy) is 3. The van der Waals surface area contributed by atoms with Crippen LogP contribution in [0.2, 0.25) is 0 Å². The number of benzene rings is 3. The van der Waals surface area contributed by atoms with Crippen LogP contribution in [0, 0.1) is 11.8 Å². The van der Waals surface area contributed by atoms with E-state index in [2.05, 4.69) is 26.6 Å². The summed E-state index contributed by atoms with van der Waals surface area (Å²) in [4.78, 5) is 83.7. The van der Waals surface area contributed by atoms with Crippen molar-refractivity contribution >= 4 is 52.3 Å². The topological polar surface area (TPSA) is 195 Å². The summed E-state index contributed by atoms with van der Waals surface area (Å²) in [5.74, 6) is -2.62. The van der Waals surface area contributed by atoms with Gasteiger partial charge in [0, 0.05) is 30.1 Å². The van der Waals surface area contributed by atoms with E-state index in [0.29, 0.717) is 28.6 Å². The molecule has 6 atom stereocenters. The van der Waals surface area contributed by atoms with Gasteiger partial charge in [0.15, 0.2) is 0 Å². The second kappa shape index (κ2) is 23.0. The van der Waals surface area contributed by atoms with Gasteiger partial charge >= 0.3 is 12.1 Å². The van der Waals surface area contributed by atoms with E-state index in [1.807, 2.05) is 62.4 Å². The summed E-state index contributed by atoms with van der Waals surface area (Å²) in [6, 6.07) is 18.3. The Morgan fingerprint density at radius 3 is 1.97 bits per heavy atom. The third-order valence-electron chi connectivity index (χ3n) is 11.9. The highest BCUT2D eigenvalue weighted by molar-refractivity contribution is 5.97. The van der Waals surface area contributed by atoms with Crippen molar-refractivity contribution in [3.05, 3.63) is 96.2 Å². The fraction of sp³-hybridized carbons (Fsp3) is 0.480. The maximum absolute atomic E-state index is 14.8. The molecular weight excluding hydrogens is 829 g/mol. The first-order chi connectivity index (χ1) is 31.0. The molecule has 4 aromatic rings. The lowest BCUT2D eigenvalue weighted by atomic mass is 9.83. The molecule has 1 unspecified atom stereocenters. The van der Waals surface area contributed by atoms with Gasteiger partial charge in [0.1, 0.15) is 41.6 Å². The second-order valence-electron chi connectivity index (χ2n) is 17.9. The molecule has 0 radical (unpaired) electrons. The van der Waals surface area contributed by atoms with Crippen LogP contribution in [0.15, 0.2) is 85.1 Å². The number of methoxy groups -OCH3 is 2. The summed E-state index contributed by atoms with van der Waals surface area (Å²) in [7, 11) is 2.80. The number of amides is 4. The third kappa shape index (κ3) is 13.8. The maximum Gasteiger partial charge on any atom is 0.419 e. The molecule has 1 aromatic heterocycles. The Morgan fingerprint density at radius 2 is 1.34 bits per heavy atom. The number of rotatable bonds is 19. The molecule has 15 nitrogen and oxygen atoms in total. The highest BCUT2D eigenvalue weighted by Crippen LogP contribution is 2.30. The number of para-hydroxylation sites is 1. The van der Waals surface area contributed by atoms with Crippen LogP contribution in [0.5, 0.6) is 5.75 Å². The van der Waals surface area contributed by atoms with Crippen LogP contribution in [0.3, 0.4) is 0 Å². The van der Waals surface area contributed by atoms with Crippen molar-refractivity contribution in [1.29, 1.82) is 0 Å². The molecule has 65 heavy (non-hydrogen) atoms. The first-order valence-electron chi connectivity index (χ1n) is 22.6. The van der Waals surface area contributed by atoms with Crippen molar-refractivity contribution in [2.75, 3.05) is 19.5 Å². The van der Waals surface area contributed by atoms with E-state index in [4.69, 9.17) is 14.2 Å². The zero-order valence-electron chi connectivity index (χ0n) is 38.9. The molecule has 0 spiro atoms. The predicted molar refractivity (Wildman–Crippen MR) is 249 cm³/mol. The Hall–Kier alpha value is -6.38. The largest absolute Gasteiger partial charge is 0.497 e. The smallest absolute Gasteiger partial charge is 0.419 e. The van der Waals surface area contributed by atoms with Crippen LogP contribution in [-0.4, -0.2) is 90.3 Å². The fourth-order valence-electron chi connectivity index (χ4n) is 8.12. The van der Waals surface area contributed by atoms with Crippen LogP contribution in [-0.2, 0) is 46.3 Å². The summed E-state index contributed by atoms with van der Waals surface area (Å²) in [5, 5.41) is 15.6. The van der Waals surface area contributed by atoms with Crippen LogP contribution in [0.4, 0.5) is 10.5 Å². The molecule has 0 saturated heterocycles. The van der Waals surface area contributed by atoms with Crippen molar-refractivity contribution in [1.82, 2.24) is 25.8 Å². The van der Waals surface area contributed by atoms with Crippen LogP contribution in [0.1, 0.15) is 91.2 Å². The molecule has 4 amide bonds. The van der Waals surface area contributed by atoms with Gasteiger partial charge in [-0.25, -0.2) is 9.59 Å². The van der Waals surface area contributed by atoms with Crippen LogP contribution in [0.25, 0.3) is 10.9 Å². The van der Waals surface area contributed by atoms with Gasteiger partial charge in [0.2, 0.25) is 23.6 Å². The Morgan fingerprint density at radius 1 is 0.723 bits per heavy atom. The number of esters is 1. The highest BCUT2D eigenvalue weighted by atomic mass is 16.6. The van der Waals surface area contributed by atoms with Crippen molar-refractivity contribution < 1.29 is 43.0 Å². The number of nitrogens with zero attached hydrogens (tertiary/aromatic N) is 1. The molecule has 1 aliphatic rings. The fourth-order valence-corrected chi connectivity index (χ4v) is 8.12. The minimum absolute atomic E-state index is 0.0157. The number of fused-ring (bicyclic) bond motifs is 1. The minimum Gasteiger partial charge on any atom is -0.497 e. The lowest BCUT2D eigenvalue weighted by Gasteiger charge is -2.33. The van der Waals surface area contributed by atoms with Crippen molar-refractivity contribution in [2.24, 2.45) is 11.8 Å². The summed E-state index contributed by atoms with van der Waals surface area (Å²) in [5.41, 5.74) is 1.74. The first kappa shape index (κ1) is 49.6. The summed E-state index contributed by atoms with van der Waals surface area (Å²) in [6.07, 6.45) is 6.18. The second-order valence-corrected chi connectivity index (χ2v) is 17.9. The number of hydrogen-bond donors (Lipinski definition) is 5. The van der Waals surface area contributed by atoms with Gasteiger partial charge in [-0.05, 0) is 93.8 Å². The molecule has 0 bridgehead atoms. The summed E-state index contributed by atoms with van der Waals surface area (Å²) >= 11 is 0. The average Bonchev–Trinajstić information content (AvgIpc) is 3.67. The number of nitrogens with one attached hydrogen (secondary N) is 5. The number of carbonyl (C=O) groups excluding carboxylic acids is 6. The highest BCUT2D eigenvalue weighted by Gasteiger charge is 2.37. The van der Waals surface area contributed by atoms with Gasteiger partial charge < -0.3 is 40.8 Å². The number of aromatic nitrogens is 1. The standard InChI is InChI=1S/C50H66N6O9/c1-9-31(2)42(55-47(60)43(34-20-14-11-15-21-34)52-36-24-26-37(63-7)27-25-36)46(59)54-40(29-35-30-56(49(62)65-50(4,5)6)41-23-17-16-22-38(35)41)45(58)53-39(28-33-18-12-10-13-19-33)44(57)51-32(3)48(61)64-8/h10,12-13,16-19,22-27,30-32,34,39-40,42-43,52H,9,11,14-15,20-21,28-29H2,1-8H3,(H,51,57)(H,53,58)(H,54,59)(H,55,60)/t31-,32-,39-,40-,42-,43?/m0/s1. The first-order valence-corrected chi connectivity index (χ1v) is 22.6. The van der Waals surface area contributed by atoms with E-state index in [9.17, 15) is 28.8 Å². The van der Waals surface area contributed by atoms with Gasteiger partial charge in [0.05, 0.1) is 19.7 Å². The third-order valence-corrected chi connectivity index (χ3v) is 11.9. The molecule has 1 saturated carbocycles. The molecule has 5 rings (SSSR count). The Kier molecular flexibility index (Phi) is 17.6. The van der Waals surface area contributed by atoms with E-state index in [-0.39, 0.29) is 30.6 Å². The van der Waals surface area contributed by atoms with Gasteiger partial charge in [-0.15, -0.1) is 0 Å². The van der Waals surface area contributed by atoms with E-state index < -0.39 is 65.6 Å². The Bertz CT molecular complexity index is 2250. The Labute approximate surface area is 382 Å². The summed E-state index contributed by atoms with van der Waals surface area (Å²) in [6.45, 7) is 10.6. The zero-order valence-corrected chi connectivity index (χ0v) is 38.9. The lowest BCUT2D eigenvalue weighted by molar-refractivity contribution is -0.144. The quantitative estimate of drug-likeness (QED) is 0.0653. The van der Waals surface area contributed by atoms with Gasteiger partial charge in [-0.3, -0.25) is 23.7 Å². The number of anilines is 1. The van der Waals surface area contributed by atoms with Crippen molar-refractivity contribution in [2.45, 2.75) is 129 Å².